The lowest BCUT2D eigenvalue weighted by Gasteiger charge is -2.30. The molecule has 2 aliphatic rings. The fourth-order valence-electron chi connectivity index (χ4n) is 3.23. The average Bonchev–Trinajstić information content (AvgIpc) is 2.82. The van der Waals surface area contributed by atoms with E-state index in [1.165, 1.54) is 22.9 Å². The van der Waals surface area contributed by atoms with Gasteiger partial charge >= 0.3 is 0 Å². The quantitative estimate of drug-likeness (QED) is 0.329. The molecule has 0 radical (unpaired) electrons. The molecule has 0 saturated carbocycles. The molecule has 2 fully saturated rings. The summed E-state index contributed by atoms with van der Waals surface area (Å²) < 4.78 is 26.2. The first-order chi connectivity index (χ1) is 14.8. The van der Waals surface area contributed by atoms with Gasteiger partial charge in [0.05, 0.1) is 4.90 Å². The molecule has 0 aromatic heterocycles. The number of hydrogen-bond acceptors (Lipinski definition) is 8. The predicted molar refractivity (Wildman–Crippen MR) is 129 cm³/mol. The van der Waals surface area contributed by atoms with Crippen molar-refractivity contribution < 1.29 is 8.42 Å². The van der Waals surface area contributed by atoms with Crippen molar-refractivity contribution in [1.82, 2.24) is 20.1 Å². The standard InChI is InChI=1S/C12H18N2O2S.C5H14N4.C3H8.CH5N/c1-14(11-7-9-13-10-8-11)17(15,16)12-5-3-2-4-6-12;6-9(7)5-1-3-8-4-2-5;1-3-2;1-2/h2-6,11,13H,7-10H2,1H3;5,8H,1-4,6-7H2;3H2,1-2H3;2H2,1H3. The summed E-state index contributed by atoms with van der Waals surface area (Å²) in [6, 6.07) is 9.11. The summed E-state index contributed by atoms with van der Waals surface area (Å²) in [5.74, 6) is 10.7. The number of piperidine rings is 2. The van der Waals surface area contributed by atoms with Crippen LogP contribution in [0.1, 0.15) is 46.0 Å². The van der Waals surface area contributed by atoms with E-state index in [-0.39, 0.29) is 6.04 Å². The molecular formula is C21H45N7O2S. The Morgan fingerprint density at radius 1 is 0.871 bits per heavy atom. The Bertz CT molecular complexity index is 632. The van der Waals surface area contributed by atoms with E-state index in [4.69, 9.17) is 11.7 Å². The van der Waals surface area contributed by atoms with Gasteiger partial charge in [-0.25, -0.2) is 8.42 Å². The maximum absolute atomic E-state index is 12.3. The number of nitrogens with one attached hydrogen (secondary N) is 2. The van der Waals surface area contributed by atoms with Crippen molar-refractivity contribution >= 4 is 10.0 Å². The minimum Gasteiger partial charge on any atom is -0.333 e. The molecule has 0 aliphatic carbocycles. The van der Waals surface area contributed by atoms with Crippen molar-refractivity contribution in [2.24, 2.45) is 17.4 Å². The van der Waals surface area contributed by atoms with Crippen molar-refractivity contribution in [3.8, 4) is 0 Å². The fourth-order valence-corrected chi connectivity index (χ4v) is 4.67. The van der Waals surface area contributed by atoms with Crippen LogP contribution in [-0.2, 0) is 10.0 Å². The molecular weight excluding hydrogens is 414 g/mol. The van der Waals surface area contributed by atoms with Crippen LogP contribution in [0, 0.1) is 0 Å². The third-order valence-corrected chi connectivity index (χ3v) is 6.90. The van der Waals surface area contributed by atoms with Gasteiger partial charge in [0.15, 0.2) is 0 Å². The normalized spacial score (nSPS) is 17.6. The summed E-state index contributed by atoms with van der Waals surface area (Å²) in [5, 5.41) is 7.79. The predicted octanol–water partition coefficient (Wildman–Crippen LogP) is 0.838. The maximum atomic E-state index is 12.3. The fraction of sp³-hybridized carbons (Fsp3) is 0.714. The Hall–Kier alpha value is -1.11. The van der Waals surface area contributed by atoms with Gasteiger partial charge in [-0.05, 0) is 71.0 Å². The van der Waals surface area contributed by atoms with Crippen molar-refractivity contribution in [1.29, 1.82) is 0 Å². The van der Waals surface area contributed by atoms with E-state index in [1.54, 1.807) is 31.3 Å². The second kappa shape index (κ2) is 17.4. The molecule has 2 aliphatic heterocycles. The van der Waals surface area contributed by atoms with Gasteiger partial charge < -0.3 is 16.4 Å². The zero-order valence-corrected chi connectivity index (χ0v) is 20.6. The highest BCUT2D eigenvalue weighted by molar-refractivity contribution is 7.89. The highest BCUT2D eigenvalue weighted by atomic mass is 32.2. The highest BCUT2D eigenvalue weighted by Gasteiger charge is 2.28. The molecule has 1 aromatic rings. The van der Waals surface area contributed by atoms with E-state index >= 15 is 0 Å². The van der Waals surface area contributed by atoms with Gasteiger partial charge in [0.2, 0.25) is 10.0 Å². The molecule has 2 saturated heterocycles. The van der Waals surface area contributed by atoms with E-state index < -0.39 is 10.0 Å². The van der Waals surface area contributed by atoms with Gasteiger partial charge in [-0.1, -0.05) is 38.5 Å². The lowest BCUT2D eigenvalue weighted by molar-refractivity contribution is 0.168. The summed E-state index contributed by atoms with van der Waals surface area (Å²) in [7, 11) is -0.154. The van der Waals surface area contributed by atoms with Crippen LogP contribution in [0.4, 0.5) is 0 Å². The lowest BCUT2D eigenvalue weighted by Crippen LogP contribution is -2.50. The van der Waals surface area contributed by atoms with Crippen LogP contribution in [-0.4, -0.2) is 70.2 Å². The Kier molecular flexibility index (Phi) is 16.8. The van der Waals surface area contributed by atoms with Crippen LogP contribution in [0.15, 0.2) is 35.2 Å². The van der Waals surface area contributed by atoms with E-state index in [2.05, 4.69) is 30.2 Å². The minimum absolute atomic E-state index is 0.112. The second-order valence-electron chi connectivity index (χ2n) is 7.45. The second-order valence-corrected chi connectivity index (χ2v) is 9.45. The van der Waals surface area contributed by atoms with Crippen molar-refractivity contribution in [2.75, 3.05) is 40.3 Å². The van der Waals surface area contributed by atoms with Crippen LogP contribution < -0.4 is 28.1 Å². The number of hydrogen-bond donors (Lipinski definition) is 5. The first-order valence-electron chi connectivity index (χ1n) is 11.1. The number of nitrogens with two attached hydrogens (primary N) is 3. The number of benzene rings is 1. The molecule has 10 heteroatoms. The lowest BCUT2D eigenvalue weighted by atomic mass is 10.1. The zero-order chi connectivity index (χ0) is 23.7. The van der Waals surface area contributed by atoms with Gasteiger partial charge in [-0.3, -0.25) is 11.7 Å². The van der Waals surface area contributed by atoms with E-state index in [9.17, 15) is 8.42 Å². The van der Waals surface area contributed by atoms with Crippen molar-refractivity contribution in [3.05, 3.63) is 30.3 Å². The van der Waals surface area contributed by atoms with Crippen LogP contribution in [0.5, 0.6) is 0 Å². The average molecular weight is 460 g/mol. The number of nitrogens with zero attached hydrogens (tertiary/aromatic N) is 2. The monoisotopic (exact) mass is 459 g/mol. The molecule has 2 heterocycles. The van der Waals surface area contributed by atoms with E-state index in [0.717, 1.165) is 51.9 Å². The molecule has 8 N–H and O–H groups in total. The summed E-state index contributed by atoms with van der Waals surface area (Å²) in [4.78, 5) is 0.376. The van der Waals surface area contributed by atoms with Crippen LogP contribution >= 0.6 is 0 Å². The van der Waals surface area contributed by atoms with Gasteiger partial charge in [-0.2, -0.15) is 9.42 Å². The Morgan fingerprint density at radius 3 is 1.61 bits per heavy atom. The molecule has 9 nitrogen and oxygen atoms in total. The minimum atomic E-state index is -3.33. The Labute approximate surface area is 189 Å². The summed E-state index contributed by atoms with van der Waals surface area (Å²) in [6.07, 6.45) is 5.13. The summed E-state index contributed by atoms with van der Waals surface area (Å²) in [6.45, 7) is 8.10. The summed E-state index contributed by atoms with van der Waals surface area (Å²) in [5.41, 5.74) is 4.50. The molecule has 3 rings (SSSR count). The summed E-state index contributed by atoms with van der Waals surface area (Å²) >= 11 is 0. The Balaban J connectivity index is 0.000000540. The molecule has 31 heavy (non-hydrogen) atoms. The first kappa shape index (κ1) is 29.9. The van der Waals surface area contributed by atoms with Gasteiger partial charge in [0, 0.05) is 19.1 Å². The van der Waals surface area contributed by atoms with Crippen molar-refractivity contribution in [2.45, 2.75) is 62.9 Å². The molecule has 0 bridgehead atoms. The van der Waals surface area contributed by atoms with Crippen LogP contribution in [0.3, 0.4) is 0 Å². The molecule has 1 aromatic carbocycles. The number of hydrazine groups is 2. The van der Waals surface area contributed by atoms with Gasteiger partial charge in [0.25, 0.3) is 0 Å². The topological polar surface area (TPSA) is 143 Å². The molecule has 0 atom stereocenters. The molecule has 0 unspecified atom stereocenters. The van der Waals surface area contributed by atoms with Crippen molar-refractivity contribution in [3.63, 3.8) is 0 Å². The number of rotatable bonds is 4. The van der Waals surface area contributed by atoms with Crippen LogP contribution in [0.2, 0.25) is 0 Å². The highest BCUT2D eigenvalue weighted by Crippen LogP contribution is 2.20. The first-order valence-corrected chi connectivity index (χ1v) is 12.6. The maximum Gasteiger partial charge on any atom is 0.243 e. The molecule has 182 valence electrons. The SMILES string of the molecule is CCC.CN.CN(C1CCNCC1)S(=O)(=O)c1ccccc1.NN(N)C1CCNCC1. The van der Waals surface area contributed by atoms with Crippen LogP contribution in [0.25, 0.3) is 0 Å². The van der Waals surface area contributed by atoms with E-state index in [0.29, 0.717) is 10.9 Å². The third-order valence-electron chi connectivity index (χ3n) is 4.97. The van der Waals surface area contributed by atoms with Gasteiger partial charge in [-0.15, -0.1) is 0 Å². The largest absolute Gasteiger partial charge is 0.333 e. The molecule has 0 spiro atoms. The van der Waals surface area contributed by atoms with E-state index in [1.807, 2.05) is 6.07 Å². The zero-order valence-electron chi connectivity index (χ0n) is 19.8. The third kappa shape index (κ3) is 11.4. The smallest absolute Gasteiger partial charge is 0.243 e. The van der Waals surface area contributed by atoms with Gasteiger partial charge in [0.1, 0.15) is 0 Å². The molecule has 0 amide bonds. The Morgan fingerprint density at radius 2 is 1.26 bits per heavy atom. The number of sulfonamides is 1.